The maximum Gasteiger partial charge on any atom is -0.0122 e. The van der Waals surface area contributed by atoms with Crippen LogP contribution >= 0.6 is 0 Å². The molecule has 3 aliphatic rings. The highest BCUT2D eigenvalue weighted by molar-refractivity contribution is 5.38. The van der Waals surface area contributed by atoms with Crippen LogP contribution in [0.4, 0.5) is 0 Å². The van der Waals surface area contributed by atoms with Crippen LogP contribution in [-0.2, 0) is 0 Å². The molecule has 1 saturated carbocycles. The predicted octanol–water partition coefficient (Wildman–Crippen LogP) is 3.23. The number of hydrogen-bond acceptors (Lipinski definition) is 0. The quantitative estimate of drug-likeness (QED) is 0.507. The Morgan fingerprint density at radius 1 is 1.25 bits per heavy atom. The number of fused-ring (bicyclic) bond motifs is 2. The average Bonchev–Trinajstić information content (AvgIpc) is 2.09. The summed E-state index contributed by atoms with van der Waals surface area (Å²) in [5.74, 6) is 1.84. The number of hydrogen-bond donors (Lipinski definition) is 0. The summed E-state index contributed by atoms with van der Waals surface area (Å²) in [5, 5.41) is 0. The van der Waals surface area contributed by atoms with E-state index in [0.717, 1.165) is 11.8 Å². The third kappa shape index (κ3) is 0.841. The Labute approximate surface area is 73.7 Å². The van der Waals surface area contributed by atoms with Gasteiger partial charge in [-0.05, 0) is 43.1 Å². The van der Waals surface area contributed by atoms with Crippen molar-refractivity contribution in [1.29, 1.82) is 0 Å². The Bertz CT molecular complexity index is 291. The van der Waals surface area contributed by atoms with Crippen molar-refractivity contribution >= 4 is 0 Å². The number of rotatable bonds is 0. The summed E-state index contributed by atoms with van der Waals surface area (Å²) in [4.78, 5) is 0. The lowest BCUT2D eigenvalue weighted by atomic mass is 9.66. The first-order valence-corrected chi connectivity index (χ1v) is 5.00. The fourth-order valence-electron chi connectivity index (χ4n) is 2.62. The smallest absolute Gasteiger partial charge is 0.0122 e. The van der Waals surface area contributed by atoms with Crippen LogP contribution in [0.5, 0.6) is 0 Å². The van der Waals surface area contributed by atoms with Crippen LogP contribution in [0.3, 0.4) is 0 Å². The van der Waals surface area contributed by atoms with Crippen LogP contribution < -0.4 is 0 Å². The van der Waals surface area contributed by atoms with Gasteiger partial charge in [-0.15, -0.1) is 0 Å². The molecule has 2 atom stereocenters. The van der Waals surface area contributed by atoms with Gasteiger partial charge in [-0.3, -0.25) is 0 Å². The van der Waals surface area contributed by atoms with E-state index in [0.29, 0.717) is 0 Å². The Morgan fingerprint density at radius 3 is 3.08 bits per heavy atom. The lowest BCUT2D eigenvalue weighted by Crippen LogP contribution is -2.25. The molecule has 1 fully saturated rings. The molecular formula is C12H14. The van der Waals surface area contributed by atoms with Crippen LogP contribution in [0.15, 0.2) is 35.5 Å². The lowest BCUT2D eigenvalue weighted by Gasteiger charge is -2.39. The Morgan fingerprint density at radius 2 is 2.25 bits per heavy atom. The predicted molar refractivity (Wildman–Crippen MR) is 50.8 cm³/mol. The summed E-state index contributed by atoms with van der Waals surface area (Å²) in [6, 6.07) is 0. The Balaban J connectivity index is 1.98. The fourth-order valence-corrected chi connectivity index (χ4v) is 2.62. The second-order valence-corrected chi connectivity index (χ2v) is 4.22. The van der Waals surface area contributed by atoms with Crippen LogP contribution in [0, 0.1) is 11.8 Å². The van der Waals surface area contributed by atoms with Gasteiger partial charge in [0.1, 0.15) is 0 Å². The zero-order valence-corrected chi connectivity index (χ0v) is 7.29. The molecule has 0 amide bonds. The number of allylic oxidation sites excluding steroid dienone is 6. The van der Waals surface area contributed by atoms with E-state index in [1.54, 1.807) is 11.1 Å². The normalized spacial score (nSPS) is 37.3. The summed E-state index contributed by atoms with van der Waals surface area (Å²) < 4.78 is 0. The molecule has 12 heavy (non-hydrogen) atoms. The van der Waals surface area contributed by atoms with E-state index in [1.165, 1.54) is 25.7 Å². The van der Waals surface area contributed by atoms with E-state index in [1.807, 2.05) is 0 Å². The molecule has 0 aromatic rings. The summed E-state index contributed by atoms with van der Waals surface area (Å²) in [6.07, 6.45) is 14.8. The monoisotopic (exact) mass is 158 g/mol. The molecule has 0 bridgehead atoms. The van der Waals surface area contributed by atoms with Crippen molar-refractivity contribution in [1.82, 2.24) is 0 Å². The molecule has 62 valence electrons. The van der Waals surface area contributed by atoms with Gasteiger partial charge in [0, 0.05) is 0 Å². The van der Waals surface area contributed by atoms with Crippen molar-refractivity contribution in [2.24, 2.45) is 11.8 Å². The van der Waals surface area contributed by atoms with E-state index in [4.69, 9.17) is 0 Å². The lowest BCUT2D eigenvalue weighted by molar-refractivity contribution is 0.343. The van der Waals surface area contributed by atoms with E-state index >= 15 is 0 Å². The van der Waals surface area contributed by atoms with Crippen molar-refractivity contribution in [3.05, 3.63) is 35.5 Å². The van der Waals surface area contributed by atoms with Gasteiger partial charge in [0.2, 0.25) is 0 Å². The van der Waals surface area contributed by atoms with Gasteiger partial charge in [-0.25, -0.2) is 0 Å². The maximum absolute atomic E-state index is 2.46. The van der Waals surface area contributed by atoms with E-state index < -0.39 is 0 Å². The van der Waals surface area contributed by atoms with Crippen molar-refractivity contribution < 1.29 is 0 Å². The SMILES string of the molecule is C1=CCC2CC3CCC3=CC2=C1. The minimum Gasteiger partial charge on any atom is -0.0839 e. The van der Waals surface area contributed by atoms with Gasteiger partial charge in [0.05, 0.1) is 0 Å². The van der Waals surface area contributed by atoms with Gasteiger partial charge in [-0.1, -0.05) is 29.9 Å². The molecule has 0 saturated heterocycles. The molecule has 3 aliphatic carbocycles. The van der Waals surface area contributed by atoms with Crippen LogP contribution in [-0.4, -0.2) is 0 Å². The topological polar surface area (TPSA) is 0 Å². The first-order chi connectivity index (χ1) is 5.93. The molecular weight excluding hydrogens is 144 g/mol. The first-order valence-electron chi connectivity index (χ1n) is 5.00. The average molecular weight is 158 g/mol. The van der Waals surface area contributed by atoms with E-state index in [2.05, 4.69) is 24.3 Å². The largest absolute Gasteiger partial charge is 0.0839 e. The van der Waals surface area contributed by atoms with Gasteiger partial charge in [-0.2, -0.15) is 0 Å². The maximum atomic E-state index is 2.46. The van der Waals surface area contributed by atoms with E-state index in [9.17, 15) is 0 Å². The zero-order chi connectivity index (χ0) is 7.97. The third-order valence-corrected chi connectivity index (χ3v) is 3.54. The summed E-state index contributed by atoms with van der Waals surface area (Å²) in [5.41, 5.74) is 3.33. The van der Waals surface area contributed by atoms with Gasteiger partial charge in [0.15, 0.2) is 0 Å². The van der Waals surface area contributed by atoms with Crippen LogP contribution in [0.2, 0.25) is 0 Å². The highest BCUT2D eigenvalue weighted by Gasteiger charge is 2.32. The van der Waals surface area contributed by atoms with Crippen molar-refractivity contribution in [2.75, 3.05) is 0 Å². The molecule has 0 heteroatoms. The van der Waals surface area contributed by atoms with Gasteiger partial charge < -0.3 is 0 Å². The molecule has 0 N–H and O–H groups in total. The van der Waals surface area contributed by atoms with Crippen molar-refractivity contribution in [3.63, 3.8) is 0 Å². The zero-order valence-electron chi connectivity index (χ0n) is 7.29. The fraction of sp³-hybridized carbons (Fsp3) is 0.500. The second-order valence-electron chi connectivity index (χ2n) is 4.22. The molecule has 0 radical (unpaired) electrons. The highest BCUT2D eigenvalue weighted by Crippen LogP contribution is 2.46. The van der Waals surface area contributed by atoms with Gasteiger partial charge in [0.25, 0.3) is 0 Å². The Hall–Kier alpha value is -0.780. The minimum atomic E-state index is 0.865. The summed E-state index contributed by atoms with van der Waals surface area (Å²) >= 11 is 0. The molecule has 0 heterocycles. The molecule has 2 unspecified atom stereocenters. The molecule has 3 rings (SSSR count). The van der Waals surface area contributed by atoms with Crippen LogP contribution in [0.1, 0.15) is 25.7 Å². The summed E-state index contributed by atoms with van der Waals surface area (Å²) in [6.45, 7) is 0. The first kappa shape index (κ1) is 6.71. The molecule has 0 spiro atoms. The summed E-state index contributed by atoms with van der Waals surface area (Å²) in [7, 11) is 0. The van der Waals surface area contributed by atoms with Gasteiger partial charge >= 0.3 is 0 Å². The van der Waals surface area contributed by atoms with Crippen molar-refractivity contribution in [2.45, 2.75) is 25.7 Å². The molecule has 0 nitrogen and oxygen atoms in total. The molecule has 0 aromatic heterocycles. The van der Waals surface area contributed by atoms with Crippen LogP contribution in [0.25, 0.3) is 0 Å². The third-order valence-electron chi connectivity index (χ3n) is 3.54. The van der Waals surface area contributed by atoms with E-state index in [-0.39, 0.29) is 0 Å². The molecule has 0 aliphatic heterocycles. The second kappa shape index (κ2) is 2.35. The Kier molecular flexibility index (Phi) is 1.31. The standard InChI is InChI=1S/C12H14/c1-2-4-10-8-12-6-5-11(12)7-9(10)3-1/h1-3,7,10,12H,4-6,8H2. The highest BCUT2D eigenvalue weighted by atomic mass is 14.4. The minimum absolute atomic E-state index is 0.865. The molecule has 0 aromatic carbocycles. The van der Waals surface area contributed by atoms with Crippen molar-refractivity contribution in [3.8, 4) is 0 Å².